The van der Waals surface area contributed by atoms with E-state index in [1.165, 1.54) is 6.21 Å². The number of fused-ring (bicyclic) bond motifs is 1. The quantitative estimate of drug-likeness (QED) is 0.526. The molecule has 0 atom stereocenters. The van der Waals surface area contributed by atoms with E-state index >= 15 is 0 Å². The van der Waals surface area contributed by atoms with E-state index < -0.39 is 0 Å². The Hall–Kier alpha value is -2.34. The Kier molecular flexibility index (Phi) is 3.87. The van der Waals surface area contributed by atoms with E-state index in [-0.39, 0.29) is 12.5 Å². The summed E-state index contributed by atoms with van der Waals surface area (Å²) in [5, 5.41) is 12.8. The molecule has 1 amide bonds. The second kappa shape index (κ2) is 5.97. The molecule has 6 heteroatoms. The van der Waals surface area contributed by atoms with E-state index in [9.17, 15) is 4.79 Å². The van der Waals surface area contributed by atoms with E-state index in [1.54, 1.807) is 0 Å². The summed E-state index contributed by atoms with van der Waals surface area (Å²) >= 11 is 0. The average molecular weight is 287 g/mol. The Bertz CT molecular complexity index is 672. The van der Waals surface area contributed by atoms with Gasteiger partial charge in [-0.15, -0.1) is 0 Å². The fourth-order valence-corrected chi connectivity index (χ4v) is 2.63. The van der Waals surface area contributed by atoms with Gasteiger partial charge in [-0.3, -0.25) is 4.79 Å². The fourth-order valence-electron chi connectivity index (χ4n) is 2.63. The molecule has 21 heavy (non-hydrogen) atoms. The number of hydrogen-bond acceptors (Lipinski definition) is 4. The Labute approximate surface area is 122 Å². The number of rotatable bonds is 3. The summed E-state index contributed by atoms with van der Waals surface area (Å²) in [5.41, 5.74) is 1.75. The highest BCUT2D eigenvalue weighted by Gasteiger charge is 2.18. The lowest BCUT2D eigenvalue weighted by Gasteiger charge is -2.27. The molecule has 0 bridgehead atoms. The van der Waals surface area contributed by atoms with Crippen LogP contribution in [0.5, 0.6) is 0 Å². The summed E-state index contributed by atoms with van der Waals surface area (Å²) in [6, 6.07) is 7.75. The number of ether oxygens (including phenoxy) is 1. The minimum atomic E-state index is 0.0755. The molecule has 3 rings (SSSR count). The standard InChI is InChI=1S/C15H17N3O3/c19-15(17-5-7-21-8-6-17)11-18-10-12(9-16-20)13-3-1-2-4-14(13)18/h1-4,9-10,20H,5-8,11H2. The van der Waals surface area contributed by atoms with Crippen molar-refractivity contribution >= 4 is 23.0 Å². The van der Waals surface area contributed by atoms with Gasteiger partial charge in [-0.25, -0.2) is 0 Å². The minimum absolute atomic E-state index is 0.0755. The van der Waals surface area contributed by atoms with Crippen LogP contribution in [0.3, 0.4) is 0 Å². The lowest BCUT2D eigenvalue weighted by atomic mass is 10.2. The van der Waals surface area contributed by atoms with Crippen LogP contribution in [0.1, 0.15) is 5.56 Å². The molecule has 0 radical (unpaired) electrons. The van der Waals surface area contributed by atoms with Gasteiger partial charge in [0.15, 0.2) is 0 Å². The topological polar surface area (TPSA) is 67.1 Å². The number of para-hydroxylation sites is 1. The molecule has 2 aromatic rings. The maximum Gasteiger partial charge on any atom is 0.242 e. The number of benzene rings is 1. The van der Waals surface area contributed by atoms with Crippen molar-refractivity contribution in [2.75, 3.05) is 26.3 Å². The van der Waals surface area contributed by atoms with Crippen LogP contribution >= 0.6 is 0 Å². The SMILES string of the molecule is O=C(Cn1cc(C=NO)c2ccccc21)N1CCOCC1. The van der Waals surface area contributed by atoms with Gasteiger partial charge >= 0.3 is 0 Å². The van der Waals surface area contributed by atoms with E-state index in [2.05, 4.69) is 5.16 Å². The third kappa shape index (κ3) is 2.75. The van der Waals surface area contributed by atoms with Gasteiger partial charge in [-0.05, 0) is 6.07 Å². The van der Waals surface area contributed by atoms with E-state index in [0.717, 1.165) is 16.5 Å². The van der Waals surface area contributed by atoms with E-state index in [1.807, 2.05) is 39.9 Å². The molecule has 1 fully saturated rings. The van der Waals surface area contributed by atoms with Crippen LogP contribution in [0, 0.1) is 0 Å². The van der Waals surface area contributed by atoms with Crippen LogP contribution in [0.2, 0.25) is 0 Å². The van der Waals surface area contributed by atoms with Crippen LogP contribution in [0.4, 0.5) is 0 Å². The number of morpholine rings is 1. The predicted molar refractivity (Wildman–Crippen MR) is 78.7 cm³/mol. The average Bonchev–Trinajstić information content (AvgIpc) is 2.87. The van der Waals surface area contributed by atoms with Crippen LogP contribution < -0.4 is 0 Å². The zero-order valence-corrected chi connectivity index (χ0v) is 11.6. The fraction of sp³-hybridized carbons (Fsp3) is 0.333. The molecule has 1 N–H and O–H groups in total. The second-order valence-corrected chi connectivity index (χ2v) is 4.97. The Morgan fingerprint density at radius 3 is 2.86 bits per heavy atom. The number of carbonyl (C=O) groups is 1. The number of amides is 1. The van der Waals surface area contributed by atoms with Crippen molar-refractivity contribution in [3.8, 4) is 0 Å². The first-order chi connectivity index (χ1) is 10.3. The normalized spacial score (nSPS) is 15.9. The molecule has 1 aliphatic heterocycles. The van der Waals surface area contributed by atoms with Gasteiger partial charge in [0, 0.05) is 35.8 Å². The van der Waals surface area contributed by atoms with E-state index in [4.69, 9.17) is 9.94 Å². The number of aromatic nitrogens is 1. The molecule has 1 saturated heterocycles. The maximum atomic E-state index is 12.3. The van der Waals surface area contributed by atoms with Crippen molar-refractivity contribution in [3.63, 3.8) is 0 Å². The van der Waals surface area contributed by atoms with E-state index in [0.29, 0.717) is 26.3 Å². The van der Waals surface area contributed by atoms with Crippen LogP contribution in [0.25, 0.3) is 10.9 Å². The summed E-state index contributed by atoms with van der Waals surface area (Å²) in [6.07, 6.45) is 3.22. The van der Waals surface area contributed by atoms with Crippen molar-refractivity contribution in [2.24, 2.45) is 5.16 Å². The van der Waals surface area contributed by atoms with Crippen molar-refractivity contribution in [3.05, 3.63) is 36.0 Å². The molecular weight excluding hydrogens is 270 g/mol. The monoisotopic (exact) mass is 287 g/mol. The van der Waals surface area contributed by atoms with Crippen LogP contribution in [-0.4, -0.2) is 53.1 Å². The molecule has 110 valence electrons. The second-order valence-electron chi connectivity index (χ2n) is 4.97. The molecule has 6 nitrogen and oxygen atoms in total. The molecule has 1 aromatic heterocycles. The highest BCUT2D eigenvalue weighted by atomic mass is 16.5. The predicted octanol–water partition coefficient (Wildman–Crippen LogP) is 1.31. The van der Waals surface area contributed by atoms with Gasteiger partial charge in [-0.2, -0.15) is 0 Å². The highest BCUT2D eigenvalue weighted by molar-refractivity contribution is 5.99. The summed E-state index contributed by atoms with van der Waals surface area (Å²) < 4.78 is 7.15. The molecule has 2 heterocycles. The third-order valence-electron chi connectivity index (χ3n) is 3.69. The van der Waals surface area contributed by atoms with Gasteiger partial charge in [0.05, 0.1) is 19.4 Å². The largest absolute Gasteiger partial charge is 0.411 e. The molecule has 0 aliphatic carbocycles. The molecule has 1 aliphatic rings. The Morgan fingerprint density at radius 2 is 2.10 bits per heavy atom. The van der Waals surface area contributed by atoms with Crippen molar-refractivity contribution in [2.45, 2.75) is 6.54 Å². The van der Waals surface area contributed by atoms with Gasteiger partial charge in [0.1, 0.15) is 6.54 Å². The van der Waals surface area contributed by atoms with Crippen molar-refractivity contribution in [1.29, 1.82) is 0 Å². The lowest BCUT2D eigenvalue weighted by molar-refractivity contribution is -0.135. The first-order valence-corrected chi connectivity index (χ1v) is 6.90. The minimum Gasteiger partial charge on any atom is -0.411 e. The van der Waals surface area contributed by atoms with Gasteiger partial charge < -0.3 is 19.4 Å². The number of nitrogens with zero attached hydrogens (tertiary/aromatic N) is 3. The first-order valence-electron chi connectivity index (χ1n) is 6.90. The summed E-state index contributed by atoms with van der Waals surface area (Å²) in [6.45, 7) is 2.76. The van der Waals surface area contributed by atoms with Crippen LogP contribution in [0.15, 0.2) is 35.6 Å². The Morgan fingerprint density at radius 1 is 1.33 bits per heavy atom. The molecule has 0 spiro atoms. The van der Waals surface area contributed by atoms with Crippen LogP contribution in [-0.2, 0) is 16.1 Å². The molecular formula is C15H17N3O3. The molecule has 0 unspecified atom stereocenters. The highest BCUT2D eigenvalue weighted by Crippen LogP contribution is 2.20. The number of oxime groups is 1. The Balaban J connectivity index is 1.88. The van der Waals surface area contributed by atoms with Crippen molar-refractivity contribution < 1.29 is 14.7 Å². The lowest BCUT2D eigenvalue weighted by Crippen LogP contribution is -2.42. The zero-order valence-electron chi connectivity index (χ0n) is 11.6. The molecule has 0 saturated carbocycles. The van der Waals surface area contributed by atoms with Gasteiger partial charge in [0.2, 0.25) is 5.91 Å². The number of hydrogen-bond donors (Lipinski definition) is 1. The molecule has 1 aromatic carbocycles. The third-order valence-corrected chi connectivity index (χ3v) is 3.69. The summed E-state index contributed by atoms with van der Waals surface area (Å²) in [4.78, 5) is 14.2. The van der Waals surface area contributed by atoms with Gasteiger partial charge in [-0.1, -0.05) is 23.4 Å². The summed E-state index contributed by atoms with van der Waals surface area (Å²) in [5.74, 6) is 0.0755. The summed E-state index contributed by atoms with van der Waals surface area (Å²) in [7, 11) is 0. The number of carbonyl (C=O) groups excluding carboxylic acids is 1. The van der Waals surface area contributed by atoms with Crippen molar-refractivity contribution in [1.82, 2.24) is 9.47 Å². The smallest absolute Gasteiger partial charge is 0.242 e. The maximum absolute atomic E-state index is 12.3. The first kappa shape index (κ1) is 13.6. The zero-order chi connectivity index (χ0) is 14.7. The van der Waals surface area contributed by atoms with Gasteiger partial charge in [0.25, 0.3) is 0 Å².